The second kappa shape index (κ2) is 7.09. The fourth-order valence-corrected chi connectivity index (χ4v) is 3.36. The van der Waals surface area contributed by atoms with E-state index in [2.05, 4.69) is 50.5 Å². The van der Waals surface area contributed by atoms with Crippen LogP contribution in [0.15, 0.2) is 24.3 Å². The predicted octanol–water partition coefficient (Wildman–Crippen LogP) is 4.52. The van der Waals surface area contributed by atoms with Crippen LogP contribution >= 0.6 is 0 Å². The van der Waals surface area contributed by atoms with Gasteiger partial charge in [0.15, 0.2) is 0 Å². The quantitative estimate of drug-likeness (QED) is 0.792. The number of nitrogens with one attached hydrogen (secondary N) is 1. The second-order valence-electron chi connectivity index (χ2n) is 6.48. The third kappa shape index (κ3) is 4.07. The zero-order valence-electron chi connectivity index (χ0n) is 12.8. The smallest absolute Gasteiger partial charge is 0.00699 e. The van der Waals surface area contributed by atoms with Crippen LogP contribution in [0.1, 0.15) is 63.0 Å². The van der Waals surface area contributed by atoms with Gasteiger partial charge in [0.2, 0.25) is 0 Å². The van der Waals surface area contributed by atoms with Crippen LogP contribution in [0.4, 0.5) is 0 Å². The molecule has 0 amide bonds. The molecule has 1 heteroatoms. The van der Waals surface area contributed by atoms with Crippen LogP contribution < -0.4 is 5.32 Å². The molecule has 1 aromatic rings. The summed E-state index contributed by atoms with van der Waals surface area (Å²) in [4.78, 5) is 0. The first-order chi connectivity index (χ1) is 9.20. The minimum atomic E-state index is 0.679. The number of rotatable bonds is 6. The molecule has 0 aliphatic heterocycles. The van der Waals surface area contributed by atoms with E-state index in [1.165, 1.54) is 38.5 Å². The van der Waals surface area contributed by atoms with Crippen LogP contribution in [0.3, 0.4) is 0 Å². The van der Waals surface area contributed by atoms with Crippen molar-refractivity contribution < 1.29 is 0 Å². The lowest BCUT2D eigenvalue weighted by Crippen LogP contribution is -2.28. The molecule has 1 N–H and O–H groups in total. The van der Waals surface area contributed by atoms with Crippen LogP contribution in [-0.2, 0) is 6.42 Å². The number of hydrogen-bond donors (Lipinski definition) is 1. The molecule has 0 bridgehead atoms. The lowest BCUT2D eigenvalue weighted by atomic mass is 9.79. The van der Waals surface area contributed by atoms with Crippen molar-refractivity contribution in [1.82, 2.24) is 5.32 Å². The molecule has 2 atom stereocenters. The lowest BCUT2D eigenvalue weighted by Gasteiger charge is -2.29. The maximum absolute atomic E-state index is 3.54. The maximum Gasteiger partial charge on any atom is 0.00699 e. The van der Waals surface area contributed by atoms with E-state index in [1.54, 1.807) is 11.1 Å². The molecule has 1 aromatic carbocycles. The summed E-state index contributed by atoms with van der Waals surface area (Å²) in [5.74, 6) is 1.59. The Labute approximate surface area is 118 Å². The zero-order valence-corrected chi connectivity index (χ0v) is 12.8. The molecule has 1 aliphatic rings. The number of hydrogen-bond acceptors (Lipinski definition) is 1. The zero-order chi connectivity index (χ0) is 13.7. The Bertz CT molecular complexity index is 383. The van der Waals surface area contributed by atoms with Gasteiger partial charge in [-0.3, -0.25) is 0 Å². The van der Waals surface area contributed by atoms with E-state index in [1.807, 2.05) is 0 Å². The van der Waals surface area contributed by atoms with Crippen molar-refractivity contribution in [2.45, 2.75) is 64.3 Å². The van der Waals surface area contributed by atoms with E-state index in [0.29, 0.717) is 6.04 Å². The van der Waals surface area contributed by atoms with Crippen molar-refractivity contribution in [2.24, 2.45) is 5.92 Å². The van der Waals surface area contributed by atoms with Gasteiger partial charge in [-0.1, -0.05) is 38.1 Å². The van der Waals surface area contributed by atoms with Crippen LogP contribution in [0.25, 0.3) is 0 Å². The second-order valence-corrected chi connectivity index (χ2v) is 6.48. The fourth-order valence-electron chi connectivity index (χ4n) is 3.36. The van der Waals surface area contributed by atoms with Gasteiger partial charge in [0.1, 0.15) is 0 Å². The van der Waals surface area contributed by atoms with Crippen molar-refractivity contribution in [1.29, 1.82) is 0 Å². The Morgan fingerprint density at radius 3 is 2.74 bits per heavy atom. The maximum atomic E-state index is 3.54. The minimum Gasteiger partial charge on any atom is -0.317 e. The highest BCUT2D eigenvalue weighted by Gasteiger charge is 2.22. The SMILES string of the molecule is CNC(CCC(C)C)CC1CCCc2ccccc21. The predicted molar refractivity (Wildman–Crippen MR) is 83.7 cm³/mol. The summed E-state index contributed by atoms with van der Waals surface area (Å²) in [6.45, 7) is 4.64. The summed E-state index contributed by atoms with van der Waals surface area (Å²) in [6.07, 6.45) is 7.97. The first kappa shape index (κ1) is 14.6. The van der Waals surface area contributed by atoms with E-state index in [-0.39, 0.29) is 0 Å². The molecular weight excluding hydrogens is 230 g/mol. The highest BCUT2D eigenvalue weighted by atomic mass is 14.9. The highest BCUT2D eigenvalue weighted by Crippen LogP contribution is 2.35. The molecule has 106 valence electrons. The molecule has 2 unspecified atom stereocenters. The Kier molecular flexibility index (Phi) is 5.45. The van der Waals surface area contributed by atoms with Crippen LogP contribution in [0, 0.1) is 5.92 Å². The summed E-state index contributed by atoms with van der Waals surface area (Å²) < 4.78 is 0. The standard InChI is InChI=1S/C18H29N/c1-14(2)11-12-17(19-3)13-16-9-6-8-15-7-4-5-10-18(15)16/h4-5,7,10,14,16-17,19H,6,8-9,11-13H2,1-3H3. The van der Waals surface area contributed by atoms with Gasteiger partial charge in [-0.15, -0.1) is 0 Å². The van der Waals surface area contributed by atoms with Crippen molar-refractivity contribution in [3.05, 3.63) is 35.4 Å². The number of benzene rings is 1. The summed E-state index contributed by atoms with van der Waals surface area (Å²) in [7, 11) is 2.12. The molecule has 2 rings (SSSR count). The lowest BCUT2D eigenvalue weighted by molar-refractivity contribution is 0.385. The number of aryl methyl sites for hydroxylation is 1. The van der Waals surface area contributed by atoms with E-state index >= 15 is 0 Å². The molecule has 0 heterocycles. The highest BCUT2D eigenvalue weighted by molar-refractivity contribution is 5.32. The van der Waals surface area contributed by atoms with E-state index in [4.69, 9.17) is 0 Å². The molecule has 1 nitrogen and oxygen atoms in total. The van der Waals surface area contributed by atoms with Gasteiger partial charge in [-0.05, 0) is 68.5 Å². The first-order valence-corrected chi connectivity index (χ1v) is 7.95. The summed E-state index contributed by atoms with van der Waals surface area (Å²) in [5.41, 5.74) is 3.22. The van der Waals surface area contributed by atoms with E-state index in [0.717, 1.165) is 11.8 Å². The molecule has 0 fully saturated rings. The Morgan fingerprint density at radius 1 is 1.21 bits per heavy atom. The fraction of sp³-hybridized carbons (Fsp3) is 0.667. The normalized spacial score (nSPS) is 20.3. The topological polar surface area (TPSA) is 12.0 Å². The molecular formula is C18H29N. The van der Waals surface area contributed by atoms with Gasteiger partial charge in [-0.25, -0.2) is 0 Å². The Hall–Kier alpha value is -0.820. The molecule has 1 aliphatic carbocycles. The van der Waals surface area contributed by atoms with Gasteiger partial charge in [0, 0.05) is 6.04 Å². The molecule has 19 heavy (non-hydrogen) atoms. The monoisotopic (exact) mass is 259 g/mol. The van der Waals surface area contributed by atoms with Gasteiger partial charge in [0.25, 0.3) is 0 Å². The van der Waals surface area contributed by atoms with Gasteiger partial charge < -0.3 is 5.32 Å². The number of fused-ring (bicyclic) bond motifs is 1. The Balaban J connectivity index is 1.98. The Morgan fingerprint density at radius 2 is 2.00 bits per heavy atom. The van der Waals surface area contributed by atoms with Crippen molar-refractivity contribution >= 4 is 0 Å². The van der Waals surface area contributed by atoms with Gasteiger partial charge >= 0.3 is 0 Å². The molecule has 0 spiro atoms. The van der Waals surface area contributed by atoms with Gasteiger partial charge in [0.05, 0.1) is 0 Å². The summed E-state index contributed by atoms with van der Waals surface area (Å²) in [5, 5.41) is 3.54. The van der Waals surface area contributed by atoms with Crippen molar-refractivity contribution in [3.63, 3.8) is 0 Å². The average Bonchev–Trinajstić information content (AvgIpc) is 2.43. The summed E-state index contributed by atoms with van der Waals surface area (Å²) >= 11 is 0. The largest absolute Gasteiger partial charge is 0.317 e. The van der Waals surface area contributed by atoms with Crippen LogP contribution in [-0.4, -0.2) is 13.1 Å². The first-order valence-electron chi connectivity index (χ1n) is 7.95. The molecule has 0 saturated carbocycles. The van der Waals surface area contributed by atoms with Gasteiger partial charge in [-0.2, -0.15) is 0 Å². The van der Waals surface area contributed by atoms with E-state index < -0.39 is 0 Å². The summed E-state index contributed by atoms with van der Waals surface area (Å²) in [6, 6.07) is 9.76. The third-order valence-electron chi connectivity index (χ3n) is 4.56. The minimum absolute atomic E-state index is 0.679. The molecule has 0 aromatic heterocycles. The van der Waals surface area contributed by atoms with Crippen molar-refractivity contribution in [2.75, 3.05) is 7.05 Å². The third-order valence-corrected chi connectivity index (χ3v) is 4.56. The van der Waals surface area contributed by atoms with Crippen LogP contribution in [0.5, 0.6) is 0 Å². The van der Waals surface area contributed by atoms with E-state index in [9.17, 15) is 0 Å². The average molecular weight is 259 g/mol. The molecule has 0 radical (unpaired) electrons. The van der Waals surface area contributed by atoms with Crippen molar-refractivity contribution in [3.8, 4) is 0 Å². The van der Waals surface area contributed by atoms with Crippen LogP contribution in [0.2, 0.25) is 0 Å². The molecule has 0 saturated heterocycles.